The van der Waals surface area contributed by atoms with Crippen LogP contribution in [-0.2, 0) is 0 Å². The molecular weight excluding hydrogens is 144 g/mol. The van der Waals surface area contributed by atoms with Crippen molar-refractivity contribution in [2.24, 2.45) is 0 Å². The van der Waals surface area contributed by atoms with E-state index in [2.05, 4.69) is 27.0 Å². The summed E-state index contributed by atoms with van der Waals surface area (Å²) in [5.74, 6) is 0. The molecule has 0 aliphatic heterocycles. The Hall–Kier alpha value is -0.520. The van der Waals surface area contributed by atoms with E-state index in [-0.39, 0.29) is 0 Å². The van der Waals surface area contributed by atoms with E-state index in [0.717, 1.165) is 6.42 Å². The van der Waals surface area contributed by atoms with Crippen molar-refractivity contribution in [3.05, 3.63) is 24.3 Å². The van der Waals surface area contributed by atoms with Crippen LogP contribution in [0.15, 0.2) is 24.3 Å². The zero-order valence-corrected chi connectivity index (χ0v) is 8.66. The Morgan fingerprint density at radius 1 is 0.917 bits per heavy atom. The van der Waals surface area contributed by atoms with Crippen LogP contribution in [-0.4, -0.2) is 0 Å². The van der Waals surface area contributed by atoms with Gasteiger partial charge in [-0.15, -0.1) is 0 Å². The first kappa shape index (κ1) is 11.5. The van der Waals surface area contributed by atoms with Gasteiger partial charge in [0.2, 0.25) is 0 Å². The van der Waals surface area contributed by atoms with Gasteiger partial charge in [-0.05, 0) is 32.1 Å². The van der Waals surface area contributed by atoms with Crippen molar-refractivity contribution in [2.45, 2.75) is 52.4 Å². The van der Waals surface area contributed by atoms with E-state index in [1.165, 1.54) is 43.3 Å². The minimum absolute atomic E-state index is 1.13. The minimum atomic E-state index is 1.13. The van der Waals surface area contributed by atoms with Crippen molar-refractivity contribution in [1.82, 2.24) is 0 Å². The van der Waals surface area contributed by atoms with Crippen molar-refractivity contribution in [3.8, 4) is 0 Å². The molecule has 0 spiro atoms. The monoisotopic (exact) mass is 166 g/mol. The Balaban J connectivity index is 3.30. The molecule has 70 valence electrons. The molecule has 0 saturated carbocycles. The van der Waals surface area contributed by atoms with E-state index in [1.54, 1.807) is 0 Å². The number of rotatable bonds is 7. The molecule has 0 radical (unpaired) electrons. The topological polar surface area (TPSA) is 0 Å². The predicted octanol–water partition coefficient (Wildman–Crippen LogP) is 4.48. The zero-order chi connectivity index (χ0) is 9.40. The molecule has 0 rings (SSSR count). The lowest BCUT2D eigenvalue weighted by atomic mass is 10.0. The van der Waals surface area contributed by atoms with Crippen LogP contribution in [0.2, 0.25) is 0 Å². The highest BCUT2D eigenvalue weighted by atomic mass is 14.0. The third-order valence-electron chi connectivity index (χ3n) is 2.16. The molecular formula is C12H22. The first-order valence-corrected chi connectivity index (χ1v) is 5.04. The lowest BCUT2D eigenvalue weighted by molar-refractivity contribution is 0.745. The summed E-state index contributed by atoms with van der Waals surface area (Å²) in [5, 5.41) is 0. The summed E-state index contributed by atoms with van der Waals surface area (Å²) in [5.41, 5.74) is 2.78. The second kappa shape index (κ2) is 7.15. The lowest BCUT2D eigenvalue weighted by Crippen LogP contribution is -1.84. The van der Waals surface area contributed by atoms with Crippen molar-refractivity contribution < 1.29 is 0 Å². The molecule has 0 amide bonds. The van der Waals surface area contributed by atoms with Crippen molar-refractivity contribution >= 4 is 0 Å². The second-order valence-corrected chi connectivity index (χ2v) is 3.46. The van der Waals surface area contributed by atoms with Gasteiger partial charge in [0.05, 0.1) is 0 Å². The molecule has 0 heterocycles. The molecule has 0 aliphatic rings. The van der Waals surface area contributed by atoms with E-state index in [1.807, 2.05) is 0 Å². The highest BCUT2D eigenvalue weighted by molar-refractivity contribution is 4.97. The van der Waals surface area contributed by atoms with Gasteiger partial charge < -0.3 is 0 Å². The molecule has 0 bridgehead atoms. The zero-order valence-electron chi connectivity index (χ0n) is 8.66. The maximum Gasteiger partial charge on any atom is -0.0320 e. The summed E-state index contributed by atoms with van der Waals surface area (Å²) in [4.78, 5) is 0. The van der Waals surface area contributed by atoms with E-state index >= 15 is 0 Å². The van der Waals surface area contributed by atoms with Gasteiger partial charge in [-0.25, -0.2) is 0 Å². The van der Waals surface area contributed by atoms with Crippen molar-refractivity contribution in [2.75, 3.05) is 0 Å². The summed E-state index contributed by atoms with van der Waals surface area (Å²) in [6.45, 7) is 12.4. The van der Waals surface area contributed by atoms with Gasteiger partial charge in [0.1, 0.15) is 0 Å². The normalized spacial score (nSPS) is 9.83. The molecule has 0 heteroatoms. The molecule has 0 aliphatic carbocycles. The second-order valence-electron chi connectivity index (χ2n) is 3.46. The number of hydrogen-bond donors (Lipinski definition) is 0. The third-order valence-corrected chi connectivity index (χ3v) is 2.16. The largest absolute Gasteiger partial charge is 0.0999 e. The van der Waals surface area contributed by atoms with E-state index < -0.39 is 0 Å². The van der Waals surface area contributed by atoms with E-state index in [0.29, 0.717) is 0 Å². The summed E-state index contributed by atoms with van der Waals surface area (Å²) in [6, 6.07) is 0. The first-order valence-electron chi connectivity index (χ1n) is 5.04. The van der Waals surface area contributed by atoms with Crippen molar-refractivity contribution in [1.29, 1.82) is 0 Å². The van der Waals surface area contributed by atoms with Gasteiger partial charge in [-0.3, -0.25) is 0 Å². The molecule has 0 aromatic heterocycles. The number of hydrogen-bond acceptors (Lipinski definition) is 0. The summed E-state index contributed by atoms with van der Waals surface area (Å²) in [7, 11) is 0. The van der Waals surface area contributed by atoms with Crippen LogP contribution < -0.4 is 0 Å². The Labute approximate surface area is 77.4 Å². The quantitative estimate of drug-likeness (QED) is 0.489. The third kappa shape index (κ3) is 6.21. The molecule has 0 aromatic rings. The molecule has 0 nitrogen and oxygen atoms in total. The van der Waals surface area contributed by atoms with Crippen LogP contribution in [0, 0.1) is 0 Å². The van der Waals surface area contributed by atoms with Gasteiger partial charge in [-0.1, -0.05) is 44.6 Å². The highest BCUT2D eigenvalue weighted by Crippen LogP contribution is 2.14. The minimum Gasteiger partial charge on any atom is -0.0999 e. The SMILES string of the molecule is C=C(CC)CCCC(=C)CCC. The summed E-state index contributed by atoms with van der Waals surface area (Å²) in [6.07, 6.45) is 7.16. The van der Waals surface area contributed by atoms with Crippen LogP contribution in [0.4, 0.5) is 0 Å². The Morgan fingerprint density at radius 2 is 1.50 bits per heavy atom. The fraction of sp³-hybridized carbons (Fsp3) is 0.667. The Morgan fingerprint density at radius 3 is 2.00 bits per heavy atom. The molecule has 12 heavy (non-hydrogen) atoms. The van der Waals surface area contributed by atoms with Crippen molar-refractivity contribution in [3.63, 3.8) is 0 Å². The predicted molar refractivity (Wildman–Crippen MR) is 57.3 cm³/mol. The Bertz CT molecular complexity index is 142. The fourth-order valence-electron chi connectivity index (χ4n) is 1.24. The summed E-state index contributed by atoms with van der Waals surface area (Å²) < 4.78 is 0. The first-order chi connectivity index (χ1) is 5.70. The van der Waals surface area contributed by atoms with Gasteiger partial charge in [0, 0.05) is 0 Å². The van der Waals surface area contributed by atoms with Crippen LogP contribution in [0.3, 0.4) is 0 Å². The van der Waals surface area contributed by atoms with Crippen LogP contribution in [0.1, 0.15) is 52.4 Å². The van der Waals surface area contributed by atoms with Gasteiger partial charge in [0.25, 0.3) is 0 Å². The maximum absolute atomic E-state index is 4.04. The molecule has 0 atom stereocenters. The molecule has 0 fully saturated rings. The van der Waals surface area contributed by atoms with Crippen LogP contribution >= 0.6 is 0 Å². The Kier molecular flexibility index (Phi) is 6.84. The molecule has 0 unspecified atom stereocenters. The lowest BCUT2D eigenvalue weighted by Gasteiger charge is -2.04. The number of allylic oxidation sites excluding steroid dienone is 2. The smallest absolute Gasteiger partial charge is 0.0320 e. The maximum atomic E-state index is 4.04. The average Bonchev–Trinajstić information content (AvgIpc) is 2.04. The molecule has 0 aromatic carbocycles. The fourth-order valence-corrected chi connectivity index (χ4v) is 1.24. The van der Waals surface area contributed by atoms with Gasteiger partial charge >= 0.3 is 0 Å². The standard InChI is InChI=1S/C12H22/c1-5-8-12(4)10-7-9-11(3)6-2/h3-10H2,1-2H3. The van der Waals surface area contributed by atoms with Gasteiger partial charge in [-0.2, -0.15) is 0 Å². The summed E-state index contributed by atoms with van der Waals surface area (Å²) >= 11 is 0. The highest BCUT2D eigenvalue weighted by Gasteiger charge is 1.94. The molecule has 0 N–H and O–H groups in total. The van der Waals surface area contributed by atoms with E-state index in [9.17, 15) is 0 Å². The van der Waals surface area contributed by atoms with Crippen LogP contribution in [0.5, 0.6) is 0 Å². The average molecular weight is 166 g/mol. The van der Waals surface area contributed by atoms with E-state index in [4.69, 9.17) is 0 Å². The van der Waals surface area contributed by atoms with Crippen LogP contribution in [0.25, 0.3) is 0 Å². The molecule has 0 saturated heterocycles. The van der Waals surface area contributed by atoms with Gasteiger partial charge in [0.15, 0.2) is 0 Å².